The molecule has 1 fully saturated rings. The van der Waals surface area contributed by atoms with Crippen molar-refractivity contribution in [2.24, 2.45) is 11.8 Å². The summed E-state index contributed by atoms with van der Waals surface area (Å²) in [6.07, 6.45) is 5.92. The van der Waals surface area contributed by atoms with E-state index in [4.69, 9.17) is 4.52 Å². The second-order valence-electron chi connectivity index (χ2n) is 6.81. The zero-order chi connectivity index (χ0) is 16.1. The van der Waals surface area contributed by atoms with Crippen LogP contribution in [0.3, 0.4) is 0 Å². The van der Waals surface area contributed by atoms with Gasteiger partial charge < -0.3 is 9.84 Å². The van der Waals surface area contributed by atoms with Crippen molar-refractivity contribution in [3.8, 4) is 11.4 Å². The van der Waals surface area contributed by atoms with Crippen molar-refractivity contribution in [1.29, 1.82) is 0 Å². The maximum atomic E-state index is 5.36. The molecule has 1 aliphatic rings. The van der Waals surface area contributed by atoms with E-state index in [-0.39, 0.29) is 0 Å². The molecule has 0 bridgehead atoms. The molecule has 1 saturated carbocycles. The quantitative estimate of drug-likeness (QED) is 0.816. The molecule has 3 rings (SSSR count). The second kappa shape index (κ2) is 7.73. The van der Waals surface area contributed by atoms with E-state index in [1.165, 1.54) is 19.3 Å². The first kappa shape index (κ1) is 16.2. The van der Waals surface area contributed by atoms with Gasteiger partial charge in [0.1, 0.15) is 0 Å². The first-order valence-electron chi connectivity index (χ1n) is 8.85. The van der Waals surface area contributed by atoms with Gasteiger partial charge in [-0.1, -0.05) is 62.2 Å². The third kappa shape index (κ3) is 4.20. The summed E-state index contributed by atoms with van der Waals surface area (Å²) < 4.78 is 5.36. The minimum Gasteiger partial charge on any atom is -0.339 e. The van der Waals surface area contributed by atoms with Gasteiger partial charge in [-0.15, -0.1) is 0 Å². The summed E-state index contributed by atoms with van der Waals surface area (Å²) in [6, 6.07) is 10.6. The van der Waals surface area contributed by atoms with Crippen LogP contribution in [-0.4, -0.2) is 22.7 Å². The largest absolute Gasteiger partial charge is 0.339 e. The molecule has 4 heteroatoms. The molecule has 0 radical (unpaired) electrons. The summed E-state index contributed by atoms with van der Waals surface area (Å²) in [5.74, 6) is 3.03. The fraction of sp³-hybridized carbons (Fsp3) is 0.579. The average molecular weight is 313 g/mol. The van der Waals surface area contributed by atoms with Crippen molar-refractivity contribution in [2.45, 2.75) is 52.0 Å². The smallest absolute Gasteiger partial charge is 0.227 e. The van der Waals surface area contributed by atoms with Crippen LogP contribution < -0.4 is 5.32 Å². The first-order chi connectivity index (χ1) is 11.2. The Bertz CT molecular complexity index is 596. The van der Waals surface area contributed by atoms with Crippen LogP contribution in [0.5, 0.6) is 0 Å². The highest BCUT2D eigenvalue weighted by Gasteiger charge is 2.26. The highest BCUT2D eigenvalue weighted by molar-refractivity contribution is 5.53. The molecule has 4 nitrogen and oxygen atoms in total. The SMILES string of the molecule is CC1CCCC(NCCCc2nc(-c3ccccc3)no2)C1C. The standard InChI is InChI=1S/C19H27N3O/c1-14-8-6-11-17(15(14)2)20-13-7-12-18-21-19(22-23-18)16-9-4-3-5-10-16/h3-5,9-10,14-15,17,20H,6-8,11-13H2,1-2H3. The van der Waals surface area contributed by atoms with Gasteiger partial charge in [-0.05, 0) is 31.2 Å². The zero-order valence-corrected chi connectivity index (χ0v) is 14.2. The number of nitrogens with one attached hydrogen (secondary N) is 1. The van der Waals surface area contributed by atoms with Crippen LogP contribution in [0.2, 0.25) is 0 Å². The van der Waals surface area contributed by atoms with E-state index in [9.17, 15) is 0 Å². The summed E-state index contributed by atoms with van der Waals surface area (Å²) in [7, 11) is 0. The number of hydrogen-bond donors (Lipinski definition) is 1. The summed E-state index contributed by atoms with van der Waals surface area (Å²) in [4.78, 5) is 4.49. The van der Waals surface area contributed by atoms with Gasteiger partial charge in [0.2, 0.25) is 11.7 Å². The maximum absolute atomic E-state index is 5.36. The Balaban J connectivity index is 1.44. The molecule has 1 N–H and O–H groups in total. The molecule has 0 spiro atoms. The Morgan fingerprint density at radius 2 is 2.00 bits per heavy atom. The van der Waals surface area contributed by atoms with E-state index >= 15 is 0 Å². The molecule has 0 saturated heterocycles. The Hall–Kier alpha value is -1.68. The van der Waals surface area contributed by atoms with Crippen molar-refractivity contribution in [1.82, 2.24) is 15.5 Å². The minimum absolute atomic E-state index is 0.668. The van der Waals surface area contributed by atoms with Gasteiger partial charge in [-0.25, -0.2) is 0 Å². The lowest BCUT2D eigenvalue weighted by Gasteiger charge is -2.34. The number of rotatable bonds is 6. The predicted molar refractivity (Wildman–Crippen MR) is 92.0 cm³/mol. The van der Waals surface area contributed by atoms with E-state index < -0.39 is 0 Å². The van der Waals surface area contributed by atoms with Crippen LogP contribution >= 0.6 is 0 Å². The monoisotopic (exact) mass is 313 g/mol. The molecular formula is C19H27N3O. The number of aryl methyl sites for hydroxylation is 1. The van der Waals surface area contributed by atoms with Gasteiger partial charge >= 0.3 is 0 Å². The maximum Gasteiger partial charge on any atom is 0.227 e. The van der Waals surface area contributed by atoms with E-state index in [2.05, 4.69) is 29.3 Å². The summed E-state index contributed by atoms with van der Waals surface area (Å²) >= 11 is 0. The molecule has 2 aromatic rings. The van der Waals surface area contributed by atoms with E-state index in [1.54, 1.807) is 0 Å². The minimum atomic E-state index is 0.668. The van der Waals surface area contributed by atoms with Crippen LogP contribution in [0.1, 0.15) is 45.4 Å². The van der Waals surface area contributed by atoms with Crippen LogP contribution in [0.4, 0.5) is 0 Å². The van der Waals surface area contributed by atoms with Crippen LogP contribution in [-0.2, 0) is 6.42 Å². The average Bonchev–Trinajstić information content (AvgIpc) is 3.05. The predicted octanol–water partition coefficient (Wildman–Crippen LogP) is 4.08. The summed E-state index contributed by atoms with van der Waals surface area (Å²) in [5, 5.41) is 7.79. The van der Waals surface area contributed by atoms with Crippen molar-refractivity contribution in [2.75, 3.05) is 6.54 Å². The van der Waals surface area contributed by atoms with Gasteiger partial charge in [0.25, 0.3) is 0 Å². The summed E-state index contributed by atoms with van der Waals surface area (Å²) in [5.41, 5.74) is 1.01. The molecule has 3 atom stereocenters. The lowest BCUT2D eigenvalue weighted by Crippen LogP contribution is -2.41. The normalized spacial score (nSPS) is 24.7. The second-order valence-corrected chi connectivity index (χ2v) is 6.81. The molecule has 1 heterocycles. The number of nitrogens with zero attached hydrogens (tertiary/aromatic N) is 2. The van der Waals surface area contributed by atoms with Crippen LogP contribution in [0, 0.1) is 11.8 Å². The molecule has 1 aromatic heterocycles. The van der Waals surface area contributed by atoms with Crippen molar-refractivity contribution < 1.29 is 4.52 Å². The van der Waals surface area contributed by atoms with Crippen LogP contribution in [0.15, 0.2) is 34.9 Å². The van der Waals surface area contributed by atoms with Gasteiger partial charge in [0.15, 0.2) is 0 Å². The molecule has 124 valence electrons. The van der Waals surface area contributed by atoms with Crippen molar-refractivity contribution >= 4 is 0 Å². The first-order valence-corrected chi connectivity index (χ1v) is 8.85. The van der Waals surface area contributed by atoms with Crippen LogP contribution in [0.25, 0.3) is 11.4 Å². The Morgan fingerprint density at radius 3 is 2.83 bits per heavy atom. The van der Waals surface area contributed by atoms with Gasteiger partial charge in [0, 0.05) is 18.0 Å². The molecule has 1 aliphatic carbocycles. The fourth-order valence-corrected chi connectivity index (χ4v) is 3.46. The topological polar surface area (TPSA) is 51.0 Å². The van der Waals surface area contributed by atoms with Crippen molar-refractivity contribution in [3.63, 3.8) is 0 Å². The lowest BCUT2D eigenvalue weighted by atomic mass is 9.78. The molecule has 3 unspecified atom stereocenters. The number of hydrogen-bond acceptors (Lipinski definition) is 4. The molecule has 1 aromatic carbocycles. The van der Waals surface area contributed by atoms with Gasteiger partial charge in [0.05, 0.1) is 0 Å². The Labute approximate surface area is 138 Å². The Morgan fingerprint density at radius 1 is 1.17 bits per heavy atom. The zero-order valence-electron chi connectivity index (χ0n) is 14.2. The van der Waals surface area contributed by atoms with Gasteiger partial charge in [-0.2, -0.15) is 4.98 Å². The fourth-order valence-electron chi connectivity index (χ4n) is 3.46. The number of aromatic nitrogens is 2. The highest BCUT2D eigenvalue weighted by Crippen LogP contribution is 2.29. The summed E-state index contributed by atoms with van der Waals surface area (Å²) in [6.45, 7) is 5.78. The highest BCUT2D eigenvalue weighted by atomic mass is 16.5. The molecule has 0 amide bonds. The van der Waals surface area contributed by atoms with E-state index in [0.717, 1.165) is 42.7 Å². The molecule has 0 aliphatic heterocycles. The third-order valence-corrected chi connectivity index (χ3v) is 5.18. The third-order valence-electron chi connectivity index (χ3n) is 5.18. The number of benzene rings is 1. The van der Waals surface area contributed by atoms with Gasteiger partial charge in [-0.3, -0.25) is 0 Å². The Kier molecular flexibility index (Phi) is 5.44. The van der Waals surface area contributed by atoms with Crippen molar-refractivity contribution in [3.05, 3.63) is 36.2 Å². The molecule has 23 heavy (non-hydrogen) atoms. The van der Waals surface area contributed by atoms with E-state index in [0.29, 0.717) is 11.9 Å². The lowest BCUT2D eigenvalue weighted by molar-refractivity contribution is 0.206. The molecular weight excluding hydrogens is 286 g/mol. The van der Waals surface area contributed by atoms with E-state index in [1.807, 2.05) is 30.3 Å².